The Hall–Kier alpha value is -1.34. The van der Waals surface area contributed by atoms with E-state index in [0.717, 1.165) is 45.6 Å². The molecule has 7 heteroatoms. The third-order valence-electron chi connectivity index (χ3n) is 3.64. The molecule has 0 aliphatic heterocycles. The van der Waals surface area contributed by atoms with Gasteiger partial charge >= 0.3 is 0 Å². The standard InChI is InChI=1S/C15H34N6O/c1-4-21(5-2)12-11-18-9-10-19-14(22)13(3)7-6-8-20-15(16)17/h13,18H,4-12H2,1-3H3,(H,19,22)(H4,16,17,20). The average Bonchev–Trinajstić information content (AvgIpc) is 2.50. The molecular formula is C15H34N6O. The van der Waals surface area contributed by atoms with Gasteiger partial charge in [0.1, 0.15) is 0 Å². The second-order valence-electron chi connectivity index (χ2n) is 5.42. The zero-order valence-corrected chi connectivity index (χ0v) is 14.4. The van der Waals surface area contributed by atoms with E-state index in [0.29, 0.717) is 13.1 Å². The molecule has 0 aromatic rings. The lowest BCUT2D eigenvalue weighted by molar-refractivity contribution is -0.124. The molecule has 0 aliphatic rings. The van der Waals surface area contributed by atoms with Gasteiger partial charge in [0.15, 0.2) is 5.96 Å². The molecule has 0 bridgehead atoms. The molecule has 0 aliphatic carbocycles. The van der Waals surface area contributed by atoms with Crippen LogP contribution < -0.4 is 22.1 Å². The average molecular weight is 314 g/mol. The molecule has 0 heterocycles. The normalized spacial score (nSPS) is 12.2. The summed E-state index contributed by atoms with van der Waals surface area (Å²) in [6.07, 6.45) is 1.60. The maximum Gasteiger partial charge on any atom is 0.222 e. The molecule has 0 radical (unpaired) electrons. The van der Waals surface area contributed by atoms with Gasteiger partial charge in [-0.2, -0.15) is 0 Å². The van der Waals surface area contributed by atoms with Crippen molar-refractivity contribution in [2.75, 3.05) is 45.8 Å². The van der Waals surface area contributed by atoms with Crippen molar-refractivity contribution in [3.8, 4) is 0 Å². The number of rotatable bonds is 13. The van der Waals surface area contributed by atoms with E-state index in [2.05, 4.69) is 34.4 Å². The fourth-order valence-electron chi connectivity index (χ4n) is 2.09. The van der Waals surface area contributed by atoms with Crippen LogP contribution in [0.25, 0.3) is 0 Å². The maximum atomic E-state index is 11.9. The van der Waals surface area contributed by atoms with Crippen molar-refractivity contribution in [2.24, 2.45) is 22.4 Å². The van der Waals surface area contributed by atoms with Gasteiger partial charge in [-0.3, -0.25) is 9.79 Å². The summed E-state index contributed by atoms with van der Waals surface area (Å²) in [7, 11) is 0. The number of guanidine groups is 1. The van der Waals surface area contributed by atoms with Crippen LogP contribution in [0.5, 0.6) is 0 Å². The Labute approximate surface area is 134 Å². The summed E-state index contributed by atoms with van der Waals surface area (Å²) in [4.78, 5) is 18.1. The van der Waals surface area contributed by atoms with Crippen LogP contribution in [0.2, 0.25) is 0 Å². The highest BCUT2D eigenvalue weighted by atomic mass is 16.1. The first-order valence-electron chi connectivity index (χ1n) is 8.27. The number of likely N-dealkylation sites (N-methyl/N-ethyl adjacent to an activating group) is 1. The van der Waals surface area contributed by atoms with E-state index in [1.54, 1.807) is 0 Å². The molecule has 7 nitrogen and oxygen atoms in total. The number of hydrogen-bond donors (Lipinski definition) is 4. The zero-order valence-electron chi connectivity index (χ0n) is 14.4. The Morgan fingerprint density at radius 3 is 2.45 bits per heavy atom. The number of aliphatic imine (C=N–C) groups is 1. The Kier molecular flexibility index (Phi) is 12.5. The second-order valence-corrected chi connectivity index (χ2v) is 5.42. The second kappa shape index (κ2) is 13.3. The number of nitrogens with two attached hydrogens (primary N) is 2. The third kappa shape index (κ3) is 11.3. The number of nitrogens with zero attached hydrogens (tertiary/aromatic N) is 2. The predicted octanol–water partition coefficient (Wildman–Crippen LogP) is -0.276. The van der Waals surface area contributed by atoms with Gasteiger partial charge in [-0.15, -0.1) is 0 Å². The highest BCUT2D eigenvalue weighted by Crippen LogP contribution is 2.05. The minimum absolute atomic E-state index is 0.00938. The van der Waals surface area contributed by atoms with Gasteiger partial charge < -0.3 is 27.0 Å². The molecule has 0 spiro atoms. The highest BCUT2D eigenvalue weighted by Gasteiger charge is 2.11. The van der Waals surface area contributed by atoms with Gasteiger partial charge in [-0.1, -0.05) is 20.8 Å². The largest absolute Gasteiger partial charge is 0.370 e. The minimum atomic E-state index is -0.00938. The molecule has 0 saturated heterocycles. The van der Waals surface area contributed by atoms with Crippen LogP contribution in [-0.2, 0) is 4.79 Å². The van der Waals surface area contributed by atoms with Crippen molar-refractivity contribution in [3.63, 3.8) is 0 Å². The van der Waals surface area contributed by atoms with Gasteiger partial charge in [-0.05, 0) is 25.9 Å². The minimum Gasteiger partial charge on any atom is -0.370 e. The van der Waals surface area contributed by atoms with E-state index in [-0.39, 0.29) is 17.8 Å². The Morgan fingerprint density at radius 1 is 1.18 bits per heavy atom. The Bertz CT molecular complexity index is 313. The molecule has 1 unspecified atom stereocenters. The van der Waals surface area contributed by atoms with Crippen molar-refractivity contribution in [1.82, 2.24) is 15.5 Å². The smallest absolute Gasteiger partial charge is 0.222 e. The summed E-state index contributed by atoms with van der Waals surface area (Å²) >= 11 is 0. The monoisotopic (exact) mass is 314 g/mol. The van der Waals surface area contributed by atoms with Crippen molar-refractivity contribution in [2.45, 2.75) is 33.6 Å². The van der Waals surface area contributed by atoms with E-state index in [1.165, 1.54) is 0 Å². The molecule has 0 rings (SSSR count). The molecule has 0 aromatic heterocycles. The fourth-order valence-corrected chi connectivity index (χ4v) is 2.09. The zero-order chi connectivity index (χ0) is 16.8. The Balaban J connectivity index is 3.57. The maximum absolute atomic E-state index is 11.9. The molecule has 0 fully saturated rings. The topological polar surface area (TPSA) is 109 Å². The molecule has 0 saturated carbocycles. The SMILES string of the molecule is CCN(CC)CCNCCNC(=O)C(C)CCCN=C(N)N. The van der Waals surface area contributed by atoms with E-state index in [9.17, 15) is 4.79 Å². The number of carbonyl (C=O) groups is 1. The molecule has 0 aromatic carbocycles. The molecular weight excluding hydrogens is 280 g/mol. The first kappa shape index (κ1) is 20.7. The summed E-state index contributed by atoms with van der Waals surface area (Å²) in [5, 5.41) is 6.29. The molecule has 6 N–H and O–H groups in total. The van der Waals surface area contributed by atoms with Crippen LogP contribution in [0.4, 0.5) is 0 Å². The van der Waals surface area contributed by atoms with E-state index < -0.39 is 0 Å². The summed E-state index contributed by atoms with van der Waals surface area (Å²) in [5.74, 6) is 0.188. The Morgan fingerprint density at radius 2 is 1.86 bits per heavy atom. The fraction of sp³-hybridized carbons (Fsp3) is 0.867. The van der Waals surface area contributed by atoms with Gasteiger partial charge in [0.25, 0.3) is 0 Å². The summed E-state index contributed by atoms with van der Waals surface area (Å²) in [6.45, 7) is 12.4. The van der Waals surface area contributed by atoms with Crippen molar-refractivity contribution >= 4 is 11.9 Å². The first-order chi connectivity index (χ1) is 10.5. The predicted molar refractivity (Wildman–Crippen MR) is 92.7 cm³/mol. The highest BCUT2D eigenvalue weighted by molar-refractivity contribution is 5.78. The lowest BCUT2D eigenvalue weighted by atomic mass is 10.1. The van der Waals surface area contributed by atoms with Gasteiger partial charge in [0, 0.05) is 38.6 Å². The number of amides is 1. The summed E-state index contributed by atoms with van der Waals surface area (Å²) < 4.78 is 0. The molecule has 22 heavy (non-hydrogen) atoms. The quantitative estimate of drug-likeness (QED) is 0.212. The number of carbonyl (C=O) groups excluding carboxylic acids is 1. The number of nitrogens with one attached hydrogen (secondary N) is 2. The van der Waals surface area contributed by atoms with E-state index in [1.807, 2.05) is 6.92 Å². The first-order valence-corrected chi connectivity index (χ1v) is 8.27. The lowest BCUT2D eigenvalue weighted by Gasteiger charge is -2.18. The van der Waals surface area contributed by atoms with Gasteiger partial charge in [0.05, 0.1) is 0 Å². The molecule has 130 valence electrons. The van der Waals surface area contributed by atoms with Crippen LogP contribution in [0.15, 0.2) is 4.99 Å². The molecule has 1 amide bonds. The molecule has 1 atom stereocenters. The van der Waals surface area contributed by atoms with Gasteiger partial charge in [-0.25, -0.2) is 0 Å². The van der Waals surface area contributed by atoms with Crippen molar-refractivity contribution in [1.29, 1.82) is 0 Å². The lowest BCUT2D eigenvalue weighted by Crippen LogP contribution is -2.38. The van der Waals surface area contributed by atoms with E-state index >= 15 is 0 Å². The van der Waals surface area contributed by atoms with E-state index in [4.69, 9.17) is 11.5 Å². The summed E-state index contributed by atoms with van der Waals surface area (Å²) in [5.41, 5.74) is 10.5. The van der Waals surface area contributed by atoms with Gasteiger partial charge in [0.2, 0.25) is 5.91 Å². The third-order valence-corrected chi connectivity index (χ3v) is 3.64. The summed E-state index contributed by atoms with van der Waals surface area (Å²) in [6, 6.07) is 0. The van der Waals surface area contributed by atoms with Crippen LogP contribution in [-0.4, -0.2) is 62.6 Å². The van der Waals surface area contributed by atoms with Crippen LogP contribution in [0, 0.1) is 5.92 Å². The van der Waals surface area contributed by atoms with Crippen LogP contribution >= 0.6 is 0 Å². The van der Waals surface area contributed by atoms with Crippen molar-refractivity contribution < 1.29 is 4.79 Å². The van der Waals surface area contributed by atoms with Crippen LogP contribution in [0.3, 0.4) is 0 Å². The van der Waals surface area contributed by atoms with Crippen LogP contribution in [0.1, 0.15) is 33.6 Å². The number of hydrogen-bond acceptors (Lipinski definition) is 4. The van der Waals surface area contributed by atoms with Crippen molar-refractivity contribution in [3.05, 3.63) is 0 Å².